The van der Waals surface area contributed by atoms with Crippen LogP contribution in [-0.4, -0.2) is 61.4 Å². The van der Waals surface area contributed by atoms with E-state index in [-0.39, 0.29) is 11.4 Å². The molecule has 1 saturated heterocycles. The SMILES string of the molecule is CC(CS(C)=O)NC(=O)N1C(C)SCC1C(=O)O. The molecule has 4 atom stereocenters. The molecule has 1 heterocycles. The smallest absolute Gasteiger partial charge is 0.327 e. The normalized spacial score (nSPS) is 26.7. The maximum atomic E-state index is 12.0. The van der Waals surface area contributed by atoms with Gasteiger partial charge in [-0.3, -0.25) is 9.11 Å². The number of hydrogen-bond acceptors (Lipinski definition) is 4. The second kappa shape index (κ2) is 6.42. The molecule has 0 spiro atoms. The summed E-state index contributed by atoms with van der Waals surface area (Å²) >= 11 is 1.44. The summed E-state index contributed by atoms with van der Waals surface area (Å²) in [7, 11) is -0.995. The van der Waals surface area contributed by atoms with E-state index in [2.05, 4.69) is 5.32 Å². The highest BCUT2D eigenvalue weighted by Crippen LogP contribution is 2.28. The van der Waals surface area contributed by atoms with Gasteiger partial charge in [-0.15, -0.1) is 11.8 Å². The van der Waals surface area contributed by atoms with Crippen molar-refractivity contribution in [3.8, 4) is 0 Å². The highest BCUT2D eigenvalue weighted by molar-refractivity contribution is 8.00. The topological polar surface area (TPSA) is 86.7 Å². The van der Waals surface area contributed by atoms with Crippen LogP contribution in [0.3, 0.4) is 0 Å². The highest BCUT2D eigenvalue weighted by atomic mass is 32.2. The first kappa shape index (κ1) is 15.3. The van der Waals surface area contributed by atoms with Crippen LogP contribution in [0.1, 0.15) is 13.8 Å². The van der Waals surface area contributed by atoms with Crippen LogP contribution in [0.5, 0.6) is 0 Å². The molecule has 2 amide bonds. The van der Waals surface area contributed by atoms with Gasteiger partial charge in [-0.2, -0.15) is 0 Å². The first-order valence-corrected chi connectivity index (χ1v) is 8.33. The molecule has 1 fully saturated rings. The lowest BCUT2D eigenvalue weighted by Gasteiger charge is -2.26. The third-order valence-corrected chi connectivity index (χ3v) is 4.78. The monoisotopic (exact) mass is 294 g/mol. The van der Waals surface area contributed by atoms with Gasteiger partial charge in [0.05, 0.1) is 5.37 Å². The number of carbonyl (C=O) groups is 2. The van der Waals surface area contributed by atoms with Gasteiger partial charge in [0.1, 0.15) is 6.04 Å². The van der Waals surface area contributed by atoms with Gasteiger partial charge in [0, 0.05) is 34.6 Å². The summed E-state index contributed by atoms with van der Waals surface area (Å²) in [5, 5.41) is 11.6. The summed E-state index contributed by atoms with van der Waals surface area (Å²) in [6.07, 6.45) is 1.57. The molecular weight excluding hydrogens is 276 g/mol. The van der Waals surface area contributed by atoms with E-state index in [9.17, 15) is 13.8 Å². The van der Waals surface area contributed by atoms with Crippen LogP contribution in [0.25, 0.3) is 0 Å². The number of nitrogens with one attached hydrogen (secondary N) is 1. The lowest BCUT2D eigenvalue weighted by Crippen LogP contribution is -2.52. The molecule has 0 bridgehead atoms. The number of hydrogen-bond donors (Lipinski definition) is 2. The van der Waals surface area contributed by atoms with Crippen LogP contribution in [0.15, 0.2) is 0 Å². The van der Waals surface area contributed by atoms with Crippen LogP contribution >= 0.6 is 11.8 Å². The molecule has 2 N–H and O–H groups in total. The van der Waals surface area contributed by atoms with Gasteiger partial charge < -0.3 is 10.4 Å². The Hall–Kier alpha value is -0.760. The average molecular weight is 294 g/mol. The van der Waals surface area contributed by atoms with E-state index in [0.29, 0.717) is 11.5 Å². The summed E-state index contributed by atoms with van der Waals surface area (Å²) in [6, 6.07) is -1.43. The molecule has 18 heavy (non-hydrogen) atoms. The molecule has 104 valence electrons. The zero-order chi connectivity index (χ0) is 13.9. The molecule has 0 aromatic rings. The van der Waals surface area contributed by atoms with E-state index in [1.165, 1.54) is 16.7 Å². The minimum Gasteiger partial charge on any atom is -0.480 e. The molecule has 4 unspecified atom stereocenters. The van der Waals surface area contributed by atoms with E-state index in [1.807, 2.05) is 0 Å². The molecule has 1 aliphatic rings. The van der Waals surface area contributed by atoms with Gasteiger partial charge in [0.15, 0.2) is 0 Å². The maximum absolute atomic E-state index is 12.0. The fourth-order valence-corrected chi connectivity index (χ4v) is 3.78. The second-order valence-electron chi connectivity index (χ2n) is 4.28. The predicted octanol–water partition coefficient (Wildman–Crippen LogP) is 0.311. The van der Waals surface area contributed by atoms with Crippen molar-refractivity contribution in [1.29, 1.82) is 0 Å². The molecular formula is C10H18N2O4S2. The van der Waals surface area contributed by atoms with E-state index in [0.717, 1.165) is 0 Å². The van der Waals surface area contributed by atoms with Crippen molar-refractivity contribution in [2.75, 3.05) is 17.8 Å². The molecule has 0 aromatic heterocycles. The van der Waals surface area contributed by atoms with Crippen LogP contribution in [0.4, 0.5) is 4.79 Å². The number of carboxylic acids is 1. The Morgan fingerprint density at radius 3 is 2.72 bits per heavy atom. The first-order valence-electron chi connectivity index (χ1n) is 5.56. The third-order valence-electron chi connectivity index (χ3n) is 2.60. The largest absolute Gasteiger partial charge is 0.480 e. The van der Waals surface area contributed by atoms with Crippen molar-refractivity contribution in [3.63, 3.8) is 0 Å². The summed E-state index contributed by atoms with van der Waals surface area (Å²) in [4.78, 5) is 24.4. The molecule has 0 aliphatic carbocycles. The van der Waals surface area contributed by atoms with Crippen molar-refractivity contribution in [1.82, 2.24) is 10.2 Å². The summed E-state index contributed by atoms with van der Waals surface area (Å²) < 4.78 is 11.0. The lowest BCUT2D eigenvalue weighted by molar-refractivity contribution is -0.141. The van der Waals surface area contributed by atoms with Gasteiger partial charge in [-0.05, 0) is 13.8 Å². The number of urea groups is 1. The maximum Gasteiger partial charge on any atom is 0.327 e. The number of amides is 2. The fraction of sp³-hybridized carbons (Fsp3) is 0.800. The Labute approximate surface area is 113 Å². The average Bonchev–Trinajstić information content (AvgIpc) is 2.58. The van der Waals surface area contributed by atoms with Gasteiger partial charge in [-0.25, -0.2) is 9.59 Å². The summed E-state index contributed by atoms with van der Waals surface area (Å²) in [6.45, 7) is 3.55. The van der Waals surface area contributed by atoms with Crippen molar-refractivity contribution in [2.24, 2.45) is 0 Å². The standard InChI is InChI=1S/C10H18N2O4S2/c1-6(5-18(3)16)11-10(15)12-7(2)17-4-8(12)9(13)14/h6-8H,4-5H2,1-3H3,(H,11,15)(H,13,14). The molecule has 1 aliphatic heterocycles. The zero-order valence-electron chi connectivity index (χ0n) is 10.6. The van der Waals surface area contributed by atoms with Crippen molar-refractivity contribution in [3.05, 3.63) is 0 Å². The lowest BCUT2D eigenvalue weighted by atomic mass is 10.3. The quantitative estimate of drug-likeness (QED) is 0.779. The minimum atomic E-state index is -0.995. The van der Waals surface area contributed by atoms with Crippen LogP contribution in [0, 0.1) is 0 Å². The van der Waals surface area contributed by atoms with E-state index < -0.39 is 28.8 Å². The van der Waals surface area contributed by atoms with E-state index in [4.69, 9.17) is 5.11 Å². The Kier molecular flexibility index (Phi) is 5.46. The third kappa shape index (κ3) is 3.88. The number of carbonyl (C=O) groups excluding carboxylic acids is 1. The fourth-order valence-electron chi connectivity index (χ4n) is 1.82. The van der Waals surface area contributed by atoms with Crippen molar-refractivity contribution >= 4 is 34.6 Å². The number of carboxylic acid groups (broad SMARTS) is 1. The first-order chi connectivity index (χ1) is 8.32. The van der Waals surface area contributed by atoms with Crippen molar-refractivity contribution in [2.45, 2.75) is 31.3 Å². The second-order valence-corrected chi connectivity index (χ2v) is 7.11. The van der Waals surface area contributed by atoms with Crippen LogP contribution < -0.4 is 5.32 Å². The number of thioether (sulfide) groups is 1. The Bertz CT molecular complexity index is 364. The van der Waals surface area contributed by atoms with E-state index in [1.54, 1.807) is 20.1 Å². The molecule has 6 nitrogen and oxygen atoms in total. The minimum absolute atomic E-state index is 0.162. The molecule has 0 radical (unpaired) electrons. The van der Waals surface area contributed by atoms with Crippen molar-refractivity contribution < 1.29 is 18.9 Å². The number of rotatable bonds is 4. The van der Waals surface area contributed by atoms with Crippen LogP contribution in [-0.2, 0) is 15.6 Å². The summed E-state index contributed by atoms with van der Waals surface area (Å²) in [5.74, 6) is -0.231. The van der Waals surface area contributed by atoms with Gasteiger partial charge in [0.25, 0.3) is 0 Å². The predicted molar refractivity (Wildman–Crippen MR) is 72.1 cm³/mol. The zero-order valence-corrected chi connectivity index (χ0v) is 12.2. The Morgan fingerprint density at radius 1 is 1.61 bits per heavy atom. The number of aliphatic carboxylic acids is 1. The summed E-state index contributed by atoms with van der Waals surface area (Å²) in [5.41, 5.74) is 0. The highest BCUT2D eigenvalue weighted by Gasteiger charge is 2.39. The van der Waals surface area contributed by atoms with Gasteiger partial charge in [0.2, 0.25) is 0 Å². The molecule has 1 rings (SSSR count). The Morgan fingerprint density at radius 2 is 2.22 bits per heavy atom. The van der Waals surface area contributed by atoms with Gasteiger partial charge >= 0.3 is 12.0 Å². The molecule has 0 aromatic carbocycles. The van der Waals surface area contributed by atoms with Crippen LogP contribution in [0.2, 0.25) is 0 Å². The van der Waals surface area contributed by atoms with E-state index >= 15 is 0 Å². The molecule has 0 saturated carbocycles. The molecule has 8 heteroatoms. The number of nitrogens with zero attached hydrogens (tertiary/aromatic N) is 1. The van der Waals surface area contributed by atoms with Gasteiger partial charge in [-0.1, -0.05) is 0 Å². The Balaban J connectivity index is 2.64.